The minimum absolute atomic E-state index is 0.158. The predicted octanol–water partition coefficient (Wildman–Crippen LogP) is 3.98. The average Bonchev–Trinajstić information content (AvgIpc) is 2.44. The molecule has 0 aromatic heterocycles. The smallest absolute Gasteiger partial charge is 0.165 e. The van der Waals surface area contributed by atoms with E-state index in [2.05, 4.69) is 0 Å². The van der Waals surface area contributed by atoms with E-state index < -0.39 is 11.9 Å². The van der Waals surface area contributed by atoms with Crippen molar-refractivity contribution in [2.24, 2.45) is 0 Å². The second-order valence-electron chi connectivity index (χ2n) is 4.95. The molecule has 0 spiro atoms. The van der Waals surface area contributed by atoms with Crippen molar-refractivity contribution < 1.29 is 14.9 Å². The van der Waals surface area contributed by atoms with Crippen LogP contribution in [-0.4, -0.2) is 28.7 Å². The second kappa shape index (κ2) is 7.62. The van der Waals surface area contributed by atoms with E-state index in [0.717, 1.165) is 5.56 Å². The fraction of sp³-hybridized carbons (Fsp3) is 0.600. The molecule has 2 unspecified atom stereocenters. The second-order valence-corrected chi connectivity index (χ2v) is 5.79. The minimum Gasteiger partial charge on any atom is -0.394 e. The fourth-order valence-corrected chi connectivity index (χ4v) is 2.65. The lowest BCUT2D eigenvalue weighted by Gasteiger charge is -2.33. The summed E-state index contributed by atoms with van der Waals surface area (Å²) in [7, 11) is 0. The Kier molecular flexibility index (Phi) is 6.76. The molecule has 0 bridgehead atoms. The summed E-state index contributed by atoms with van der Waals surface area (Å²) in [5.41, 5.74) is 0.838. The van der Waals surface area contributed by atoms with Gasteiger partial charge >= 0.3 is 0 Å². The van der Waals surface area contributed by atoms with Crippen LogP contribution in [0.1, 0.15) is 45.1 Å². The normalized spacial score (nSPS) is 15.2. The van der Waals surface area contributed by atoms with Crippen LogP contribution in [0.15, 0.2) is 18.2 Å². The van der Waals surface area contributed by atoms with Crippen LogP contribution < -0.4 is 0 Å². The first-order valence-corrected chi connectivity index (χ1v) is 7.58. The van der Waals surface area contributed by atoms with Gasteiger partial charge in [0.05, 0.1) is 12.7 Å². The van der Waals surface area contributed by atoms with Crippen LogP contribution in [0.5, 0.6) is 0 Å². The number of hydrogen-bond acceptors (Lipinski definition) is 3. The lowest BCUT2D eigenvalue weighted by molar-refractivity contribution is -0.242. The molecule has 2 N–H and O–H groups in total. The fourth-order valence-electron chi connectivity index (χ4n) is 2.07. The number of ether oxygens (including phenoxy) is 1. The Balaban J connectivity index is 2.94. The molecule has 0 aliphatic carbocycles. The molecular weight excluding hydrogens is 299 g/mol. The van der Waals surface area contributed by atoms with E-state index in [1.54, 1.807) is 12.1 Å². The van der Waals surface area contributed by atoms with Crippen LogP contribution in [0, 0.1) is 0 Å². The Hall–Kier alpha value is -0.320. The number of benzene rings is 1. The van der Waals surface area contributed by atoms with Crippen LogP contribution in [0.25, 0.3) is 0 Å². The molecule has 114 valence electrons. The third-order valence-corrected chi connectivity index (χ3v) is 4.23. The average molecular weight is 321 g/mol. The zero-order chi connectivity index (χ0) is 15.3. The van der Waals surface area contributed by atoms with Gasteiger partial charge < -0.3 is 14.9 Å². The maximum atomic E-state index is 10.3. The van der Waals surface area contributed by atoms with Crippen molar-refractivity contribution in [3.05, 3.63) is 33.8 Å². The van der Waals surface area contributed by atoms with Gasteiger partial charge in [-0.2, -0.15) is 0 Å². The molecule has 2 atom stereocenters. The van der Waals surface area contributed by atoms with Crippen LogP contribution >= 0.6 is 23.2 Å². The van der Waals surface area contributed by atoms with Crippen LogP contribution in [0.2, 0.25) is 10.0 Å². The molecule has 1 rings (SSSR count). The quantitative estimate of drug-likeness (QED) is 0.747. The van der Waals surface area contributed by atoms with Crippen molar-refractivity contribution in [1.29, 1.82) is 0 Å². The summed E-state index contributed by atoms with van der Waals surface area (Å²) in [6, 6.07) is 5.23. The van der Waals surface area contributed by atoms with Gasteiger partial charge in [0.15, 0.2) is 5.79 Å². The lowest BCUT2D eigenvalue weighted by atomic mass is 9.95. The first-order chi connectivity index (χ1) is 9.36. The Morgan fingerprint density at radius 2 is 1.85 bits per heavy atom. The van der Waals surface area contributed by atoms with Crippen LogP contribution in [0.3, 0.4) is 0 Å². The van der Waals surface area contributed by atoms with E-state index in [4.69, 9.17) is 27.9 Å². The molecular formula is C15H22Cl2O3. The molecule has 20 heavy (non-hydrogen) atoms. The van der Waals surface area contributed by atoms with Gasteiger partial charge in [-0.05, 0) is 30.5 Å². The number of hydrogen-bond donors (Lipinski definition) is 2. The Morgan fingerprint density at radius 1 is 1.25 bits per heavy atom. The minimum atomic E-state index is -1.22. The topological polar surface area (TPSA) is 49.7 Å². The van der Waals surface area contributed by atoms with Crippen LogP contribution in [-0.2, 0) is 4.74 Å². The SMILES string of the molecule is CCC(O)(CC)OC(CO)C(C)c1ccc(Cl)cc1Cl. The van der Waals surface area contributed by atoms with Gasteiger partial charge in [0.1, 0.15) is 0 Å². The summed E-state index contributed by atoms with van der Waals surface area (Å²) >= 11 is 12.1. The highest BCUT2D eigenvalue weighted by Crippen LogP contribution is 2.32. The molecule has 0 saturated carbocycles. The van der Waals surface area contributed by atoms with E-state index >= 15 is 0 Å². The Bertz CT molecular complexity index is 433. The van der Waals surface area contributed by atoms with Crippen molar-refractivity contribution in [1.82, 2.24) is 0 Å². The number of aliphatic hydroxyl groups excluding tert-OH is 1. The Morgan fingerprint density at radius 3 is 2.30 bits per heavy atom. The van der Waals surface area contributed by atoms with E-state index in [0.29, 0.717) is 22.9 Å². The molecule has 0 amide bonds. The molecule has 0 radical (unpaired) electrons. The zero-order valence-corrected chi connectivity index (χ0v) is 13.6. The maximum Gasteiger partial charge on any atom is 0.165 e. The molecule has 0 aliphatic heterocycles. The monoisotopic (exact) mass is 320 g/mol. The summed E-state index contributed by atoms with van der Waals surface area (Å²) in [5, 5.41) is 20.9. The highest BCUT2D eigenvalue weighted by atomic mass is 35.5. The molecule has 0 saturated heterocycles. The molecule has 3 nitrogen and oxygen atoms in total. The predicted molar refractivity (Wildman–Crippen MR) is 82.4 cm³/mol. The molecule has 1 aromatic rings. The third kappa shape index (κ3) is 4.34. The summed E-state index contributed by atoms with van der Waals surface area (Å²) in [5.74, 6) is -1.38. The first kappa shape index (κ1) is 17.7. The molecule has 5 heteroatoms. The van der Waals surface area contributed by atoms with Gasteiger partial charge in [0.2, 0.25) is 0 Å². The molecule has 0 aliphatic rings. The van der Waals surface area contributed by atoms with E-state index in [9.17, 15) is 10.2 Å². The van der Waals surface area contributed by atoms with E-state index in [1.807, 2.05) is 26.8 Å². The van der Waals surface area contributed by atoms with Crippen molar-refractivity contribution in [2.75, 3.05) is 6.61 Å². The molecule has 1 aromatic carbocycles. The third-order valence-electron chi connectivity index (χ3n) is 3.67. The van der Waals surface area contributed by atoms with Crippen molar-refractivity contribution in [3.63, 3.8) is 0 Å². The number of aliphatic hydroxyl groups is 2. The highest BCUT2D eigenvalue weighted by Gasteiger charge is 2.31. The maximum absolute atomic E-state index is 10.3. The summed E-state index contributed by atoms with van der Waals surface area (Å²) in [4.78, 5) is 0. The van der Waals surface area contributed by atoms with Gasteiger partial charge in [-0.3, -0.25) is 0 Å². The van der Waals surface area contributed by atoms with E-state index in [-0.39, 0.29) is 12.5 Å². The van der Waals surface area contributed by atoms with Gasteiger partial charge in [0, 0.05) is 16.0 Å². The lowest BCUT2D eigenvalue weighted by Crippen LogP contribution is -2.39. The van der Waals surface area contributed by atoms with Gasteiger partial charge in [0.25, 0.3) is 0 Å². The Labute approximate surface area is 130 Å². The van der Waals surface area contributed by atoms with Gasteiger partial charge in [-0.25, -0.2) is 0 Å². The number of rotatable bonds is 7. The van der Waals surface area contributed by atoms with E-state index in [1.165, 1.54) is 0 Å². The summed E-state index contributed by atoms with van der Waals surface area (Å²) in [6.07, 6.45) is 0.390. The number of halogens is 2. The molecule has 0 heterocycles. The highest BCUT2D eigenvalue weighted by molar-refractivity contribution is 6.35. The van der Waals surface area contributed by atoms with Gasteiger partial charge in [-0.1, -0.05) is 50.0 Å². The summed E-state index contributed by atoms with van der Waals surface area (Å²) in [6.45, 7) is 5.40. The molecule has 0 fully saturated rings. The van der Waals surface area contributed by atoms with Crippen molar-refractivity contribution in [3.8, 4) is 0 Å². The van der Waals surface area contributed by atoms with Crippen molar-refractivity contribution >= 4 is 23.2 Å². The standard InChI is InChI=1S/C15H22Cl2O3/c1-4-15(19,5-2)20-14(9-18)10(3)12-7-6-11(16)8-13(12)17/h6-8,10,14,18-19H,4-5,9H2,1-3H3. The summed E-state index contributed by atoms with van der Waals surface area (Å²) < 4.78 is 5.70. The van der Waals surface area contributed by atoms with Crippen molar-refractivity contribution in [2.45, 2.75) is 51.4 Å². The largest absolute Gasteiger partial charge is 0.394 e. The van der Waals surface area contributed by atoms with Crippen LogP contribution in [0.4, 0.5) is 0 Å². The zero-order valence-electron chi connectivity index (χ0n) is 12.1. The first-order valence-electron chi connectivity index (χ1n) is 6.82. The van der Waals surface area contributed by atoms with Gasteiger partial charge in [-0.15, -0.1) is 0 Å².